The van der Waals surface area contributed by atoms with Crippen LogP contribution in [0.15, 0.2) is 0 Å². The largest absolute Gasteiger partial charge is 0.446 e. The van der Waals surface area contributed by atoms with E-state index in [2.05, 4.69) is 11.8 Å². The van der Waals surface area contributed by atoms with Crippen molar-refractivity contribution in [3.8, 4) is 0 Å². The number of rotatable bonds is 7. The predicted octanol–water partition coefficient (Wildman–Crippen LogP) is 2.52. The van der Waals surface area contributed by atoms with Crippen LogP contribution in [0.5, 0.6) is 0 Å². The molecule has 0 bridgehead atoms. The third-order valence-corrected chi connectivity index (χ3v) is 3.40. The molecule has 0 atom stereocenters. The molecule has 0 saturated carbocycles. The van der Waals surface area contributed by atoms with Crippen molar-refractivity contribution in [3.05, 3.63) is 0 Å². The van der Waals surface area contributed by atoms with Crippen LogP contribution in [0.3, 0.4) is 0 Å². The highest BCUT2D eigenvalue weighted by atomic mass is 16.6. The second-order valence-corrected chi connectivity index (χ2v) is 4.89. The zero-order chi connectivity index (χ0) is 12.5. The van der Waals surface area contributed by atoms with Gasteiger partial charge in [-0.1, -0.05) is 32.6 Å². The lowest BCUT2D eigenvalue weighted by Gasteiger charge is -2.31. The summed E-state index contributed by atoms with van der Waals surface area (Å²) in [6, 6.07) is 0. The maximum atomic E-state index is 10.6. The minimum absolute atomic E-state index is 0.0452. The summed E-state index contributed by atoms with van der Waals surface area (Å²) in [5.41, 5.74) is 5.01. The van der Waals surface area contributed by atoms with Gasteiger partial charge in [0.1, 0.15) is 6.10 Å². The Kier molecular flexibility index (Phi) is 7.01. The SMILES string of the molecule is CCCCCCCN1CCC(OC(N)=O)CC1. The molecule has 1 aliphatic heterocycles. The Morgan fingerprint density at radius 3 is 2.47 bits per heavy atom. The van der Waals surface area contributed by atoms with E-state index in [1.54, 1.807) is 0 Å². The third-order valence-electron chi connectivity index (χ3n) is 3.40. The molecule has 0 aromatic rings. The van der Waals surface area contributed by atoms with Gasteiger partial charge in [-0.15, -0.1) is 0 Å². The van der Waals surface area contributed by atoms with E-state index in [9.17, 15) is 4.79 Å². The van der Waals surface area contributed by atoms with Gasteiger partial charge in [-0.25, -0.2) is 4.79 Å². The average molecular weight is 242 g/mol. The summed E-state index contributed by atoms with van der Waals surface area (Å²) < 4.78 is 5.01. The van der Waals surface area contributed by atoms with Gasteiger partial charge in [0.15, 0.2) is 0 Å². The number of hydrogen-bond donors (Lipinski definition) is 1. The fraction of sp³-hybridized carbons (Fsp3) is 0.923. The van der Waals surface area contributed by atoms with E-state index in [1.807, 2.05) is 0 Å². The fourth-order valence-corrected chi connectivity index (χ4v) is 2.35. The number of carbonyl (C=O) groups is 1. The van der Waals surface area contributed by atoms with Gasteiger partial charge in [0.05, 0.1) is 0 Å². The number of carbonyl (C=O) groups excluding carboxylic acids is 1. The first-order chi connectivity index (χ1) is 8.22. The molecule has 17 heavy (non-hydrogen) atoms. The minimum atomic E-state index is -0.636. The molecule has 0 aliphatic carbocycles. The summed E-state index contributed by atoms with van der Waals surface area (Å²) in [4.78, 5) is 13.1. The first-order valence-corrected chi connectivity index (χ1v) is 6.90. The summed E-state index contributed by atoms with van der Waals surface area (Å²) in [7, 11) is 0. The van der Waals surface area contributed by atoms with E-state index in [4.69, 9.17) is 10.5 Å². The molecule has 1 heterocycles. The van der Waals surface area contributed by atoms with Crippen molar-refractivity contribution in [2.75, 3.05) is 19.6 Å². The number of ether oxygens (including phenoxy) is 1. The lowest BCUT2D eigenvalue weighted by molar-refractivity contribution is 0.0558. The molecule has 1 rings (SSSR count). The summed E-state index contributed by atoms with van der Waals surface area (Å²) >= 11 is 0. The Morgan fingerprint density at radius 1 is 1.24 bits per heavy atom. The Bertz CT molecular complexity index is 213. The van der Waals surface area contributed by atoms with Crippen molar-refractivity contribution in [2.45, 2.75) is 58.0 Å². The van der Waals surface area contributed by atoms with Crippen LogP contribution in [-0.2, 0) is 4.74 Å². The quantitative estimate of drug-likeness (QED) is 0.698. The van der Waals surface area contributed by atoms with Gasteiger partial charge in [-0.3, -0.25) is 0 Å². The second-order valence-electron chi connectivity index (χ2n) is 4.89. The van der Waals surface area contributed by atoms with Crippen LogP contribution in [0.4, 0.5) is 4.79 Å². The summed E-state index contributed by atoms with van der Waals surface area (Å²) in [5, 5.41) is 0. The lowest BCUT2D eigenvalue weighted by Crippen LogP contribution is -2.39. The van der Waals surface area contributed by atoms with Crippen LogP contribution >= 0.6 is 0 Å². The molecule has 4 heteroatoms. The Morgan fingerprint density at radius 2 is 1.88 bits per heavy atom. The van der Waals surface area contributed by atoms with Gasteiger partial charge in [-0.05, 0) is 25.8 Å². The molecule has 1 amide bonds. The Balaban J connectivity index is 2.01. The van der Waals surface area contributed by atoms with E-state index in [1.165, 1.54) is 38.6 Å². The second kappa shape index (κ2) is 8.34. The first-order valence-electron chi connectivity index (χ1n) is 6.90. The molecule has 0 spiro atoms. The highest BCUT2D eigenvalue weighted by Gasteiger charge is 2.20. The van der Waals surface area contributed by atoms with Crippen LogP contribution in [0.1, 0.15) is 51.9 Å². The smallest absolute Gasteiger partial charge is 0.404 e. The lowest BCUT2D eigenvalue weighted by atomic mass is 10.1. The molecule has 1 fully saturated rings. The summed E-state index contributed by atoms with van der Waals surface area (Å²) in [5.74, 6) is 0. The van der Waals surface area contributed by atoms with Crippen molar-refractivity contribution in [1.29, 1.82) is 0 Å². The van der Waals surface area contributed by atoms with E-state index >= 15 is 0 Å². The van der Waals surface area contributed by atoms with Gasteiger partial charge in [-0.2, -0.15) is 0 Å². The molecule has 1 aliphatic rings. The highest BCUT2D eigenvalue weighted by Crippen LogP contribution is 2.14. The van der Waals surface area contributed by atoms with Gasteiger partial charge < -0.3 is 15.4 Å². The standard InChI is InChI=1S/C13H26N2O2/c1-2-3-4-5-6-9-15-10-7-12(8-11-15)17-13(14)16/h12H,2-11H2,1H3,(H2,14,16). The van der Waals surface area contributed by atoms with Crippen LogP contribution in [0, 0.1) is 0 Å². The molecule has 100 valence electrons. The molecule has 2 N–H and O–H groups in total. The predicted molar refractivity (Wildman–Crippen MR) is 68.9 cm³/mol. The van der Waals surface area contributed by atoms with Gasteiger partial charge >= 0.3 is 6.09 Å². The first kappa shape index (κ1) is 14.3. The molecule has 0 aromatic heterocycles. The molecular formula is C13H26N2O2. The van der Waals surface area contributed by atoms with E-state index in [0.29, 0.717) is 0 Å². The number of amides is 1. The zero-order valence-corrected chi connectivity index (χ0v) is 11.0. The third kappa shape index (κ3) is 6.51. The van der Waals surface area contributed by atoms with Crippen LogP contribution < -0.4 is 5.73 Å². The molecule has 0 radical (unpaired) electrons. The van der Waals surface area contributed by atoms with Gasteiger partial charge in [0.25, 0.3) is 0 Å². The van der Waals surface area contributed by atoms with E-state index in [-0.39, 0.29) is 6.10 Å². The average Bonchev–Trinajstić information content (AvgIpc) is 2.30. The van der Waals surface area contributed by atoms with Gasteiger partial charge in [0, 0.05) is 13.1 Å². The highest BCUT2D eigenvalue weighted by molar-refractivity contribution is 5.64. The van der Waals surface area contributed by atoms with Crippen molar-refractivity contribution in [3.63, 3.8) is 0 Å². The minimum Gasteiger partial charge on any atom is -0.446 e. The maximum absolute atomic E-state index is 10.6. The molecule has 0 aromatic carbocycles. The van der Waals surface area contributed by atoms with Gasteiger partial charge in [0.2, 0.25) is 0 Å². The number of unbranched alkanes of at least 4 members (excludes halogenated alkanes) is 4. The van der Waals surface area contributed by atoms with Crippen LogP contribution in [0.25, 0.3) is 0 Å². The molecule has 1 saturated heterocycles. The summed E-state index contributed by atoms with van der Waals surface area (Å²) in [6.07, 6.45) is 7.91. The summed E-state index contributed by atoms with van der Waals surface area (Å²) in [6.45, 7) is 5.49. The van der Waals surface area contributed by atoms with Crippen LogP contribution in [-0.4, -0.2) is 36.7 Å². The fourth-order valence-electron chi connectivity index (χ4n) is 2.35. The molecule has 4 nitrogen and oxygen atoms in total. The zero-order valence-electron chi connectivity index (χ0n) is 11.0. The monoisotopic (exact) mass is 242 g/mol. The maximum Gasteiger partial charge on any atom is 0.404 e. The number of nitrogens with zero attached hydrogens (tertiary/aromatic N) is 1. The number of primary amides is 1. The Hall–Kier alpha value is -0.770. The normalized spacial score (nSPS) is 18.2. The Labute approximate surface area is 104 Å². The van der Waals surface area contributed by atoms with Crippen molar-refractivity contribution in [2.24, 2.45) is 5.73 Å². The number of hydrogen-bond acceptors (Lipinski definition) is 3. The number of piperidine rings is 1. The van der Waals surface area contributed by atoms with Crippen LogP contribution in [0.2, 0.25) is 0 Å². The van der Waals surface area contributed by atoms with Crippen molar-refractivity contribution >= 4 is 6.09 Å². The number of likely N-dealkylation sites (tertiary alicyclic amines) is 1. The topological polar surface area (TPSA) is 55.6 Å². The molecular weight excluding hydrogens is 216 g/mol. The van der Waals surface area contributed by atoms with Crippen molar-refractivity contribution < 1.29 is 9.53 Å². The van der Waals surface area contributed by atoms with E-state index < -0.39 is 6.09 Å². The van der Waals surface area contributed by atoms with E-state index in [0.717, 1.165) is 25.9 Å². The number of nitrogens with two attached hydrogens (primary N) is 1. The molecule has 0 unspecified atom stereocenters. The van der Waals surface area contributed by atoms with Crippen molar-refractivity contribution in [1.82, 2.24) is 4.90 Å².